The van der Waals surface area contributed by atoms with Gasteiger partial charge in [-0.1, -0.05) is 0 Å². The van der Waals surface area contributed by atoms with E-state index in [1.807, 2.05) is 0 Å². The normalized spacial score (nSPS) is 10.1. The summed E-state index contributed by atoms with van der Waals surface area (Å²) in [6.07, 6.45) is 3.86. The first-order chi connectivity index (χ1) is 8.09. The molecule has 0 saturated heterocycles. The van der Waals surface area contributed by atoms with Gasteiger partial charge in [0.15, 0.2) is 0 Å². The second-order valence-corrected chi connectivity index (χ2v) is 3.07. The van der Waals surface area contributed by atoms with Gasteiger partial charge in [-0.2, -0.15) is 0 Å². The molecule has 8 heteroatoms. The van der Waals surface area contributed by atoms with Crippen LogP contribution in [0.4, 0.5) is 5.82 Å². The lowest BCUT2D eigenvalue weighted by Gasteiger charge is -2.00. The first-order valence-electron chi connectivity index (χ1n) is 4.47. The Balaban J connectivity index is 2.52. The van der Waals surface area contributed by atoms with E-state index in [0.717, 1.165) is 10.9 Å². The molecule has 2 rings (SSSR count). The number of nitrogens with zero attached hydrogens (tertiary/aromatic N) is 4. The maximum atomic E-state index is 10.9. The Morgan fingerprint density at radius 2 is 2.24 bits per heavy atom. The minimum absolute atomic E-state index is 0.0782. The number of nitro groups is 1. The molecule has 2 heterocycles. The molecule has 0 bridgehead atoms. The minimum Gasteiger partial charge on any atom is -0.478 e. The van der Waals surface area contributed by atoms with Gasteiger partial charge in [0.2, 0.25) is 0 Å². The van der Waals surface area contributed by atoms with Crippen LogP contribution >= 0.6 is 0 Å². The quantitative estimate of drug-likeness (QED) is 0.623. The fourth-order valence-corrected chi connectivity index (χ4v) is 1.30. The van der Waals surface area contributed by atoms with E-state index < -0.39 is 10.9 Å². The zero-order valence-corrected chi connectivity index (χ0v) is 8.35. The van der Waals surface area contributed by atoms with Gasteiger partial charge in [0.05, 0.1) is 17.4 Å². The highest BCUT2D eigenvalue weighted by molar-refractivity contribution is 5.91. The van der Waals surface area contributed by atoms with Gasteiger partial charge >= 0.3 is 11.8 Å². The second kappa shape index (κ2) is 4.00. The Labute approximate surface area is 94.3 Å². The van der Waals surface area contributed by atoms with Gasteiger partial charge in [0.1, 0.15) is 11.3 Å². The topological polar surface area (TPSA) is 111 Å². The fraction of sp³-hybridized carbons (Fsp3) is 0. The SMILES string of the molecule is O=C(O)c1cnccc1-n1ccc([N+](=O)[O-])n1. The third kappa shape index (κ3) is 1.95. The summed E-state index contributed by atoms with van der Waals surface area (Å²) in [5.74, 6) is -1.52. The molecule has 2 aromatic rings. The second-order valence-electron chi connectivity index (χ2n) is 3.07. The van der Waals surface area contributed by atoms with Gasteiger partial charge in [-0.15, -0.1) is 4.68 Å². The number of rotatable bonds is 3. The Morgan fingerprint density at radius 3 is 2.82 bits per heavy atom. The van der Waals surface area contributed by atoms with Crippen molar-refractivity contribution in [1.82, 2.24) is 14.8 Å². The van der Waals surface area contributed by atoms with E-state index in [-0.39, 0.29) is 17.1 Å². The molecule has 0 aromatic carbocycles. The molecule has 0 aliphatic heterocycles. The lowest BCUT2D eigenvalue weighted by molar-refractivity contribution is -0.389. The van der Waals surface area contributed by atoms with Crippen LogP contribution in [0.1, 0.15) is 10.4 Å². The standard InChI is InChI=1S/C9H6N4O4/c14-9(15)6-5-10-3-1-7(6)12-4-2-8(11-12)13(16)17/h1-5H,(H,14,15). The molecule has 86 valence electrons. The van der Waals surface area contributed by atoms with Crippen molar-refractivity contribution in [3.8, 4) is 5.69 Å². The zero-order chi connectivity index (χ0) is 12.4. The first kappa shape index (κ1) is 10.7. The predicted molar refractivity (Wildman–Crippen MR) is 55.0 cm³/mol. The summed E-state index contributed by atoms with van der Waals surface area (Å²) in [6.45, 7) is 0. The van der Waals surface area contributed by atoms with Crippen LogP contribution in [0.2, 0.25) is 0 Å². The van der Waals surface area contributed by atoms with Crippen LogP contribution in [0, 0.1) is 10.1 Å². The van der Waals surface area contributed by atoms with Crippen molar-refractivity contribution in [3.05, 3.63) is 46.4 Å². The summed E-state index contributed by atoms with van der Waals surface area (Å²) in [5, 5.41) is 23.0. The van der Waals surface area contributed by atoms with Crippen molar-refractivity contribution in [2.75, 3.05) is 0 Å². The number of pyridine rings is 1. The minimum atomic E-state index is -1.17. The number of hydrogen-bond acceptors (Lipinski definition) is 5. The van der Waals surface area contributed by atoms with Crippen LogP contribution in [0.15, 0.2) is 30.7 Å². The smallest absolute Gasteiger partial charge is 0.390 e. The number of aromatic carboxylic acids is 1. The molecular weight excluding hydrogens is 228 g/mol. The largest absolute Gasteiger partial charge is 0.478 e. The van der Waals surface area contributed by atoms with Crippen molar-refractivity contribution in [2.45, 2.75) is 0 Å². The summed E-state index contributed by atoms with van der Waals surface area (Å²) in [4.78, 5) is 24.4. The molecule has 0 aliphatic rings. The zero-order valence-electron chi connectivity index (χ0n) is 8.35. The van der Waals surface area contributed by atoms with Crippen LogP contribution in [0.5, 0.6) is 0 Å². The van der Waals surface area contributed by atoms with Crippen LogP contribution in [-0.2, 0) is 0 Å². The highest BCUT2D eigenvalue weighted by Crippen LogP contribution is 2.15. The Kier molecular flexibility index (Phi) is 2.53. The van der Waals surface area contributed by atoms with Crippen LogP contribution in [-0.4, -0.2) is 30.8 Å². The van der Waals surface area contributed by atoms with Gasteiger partial charge < -0.3 is 15.2 Å². The van der Waals surface area contributed by atoms with Crippen molar-refractivity contribution < 1.29 is 14.8 Å². The van der Waals surface area contributed by atoms with Crippen molar-refractivity contribution >= 4 is 11.8 Å². The molecule has 2 aromatic heterocycles. The molecule has 0 saturated carbocycles. The van der Waals surface area contributed by atoms with Gasteiger partial charge in [0, 0.05) is 12.4 Å². The third-order valence-electron chi connectivity index (χ3n) is 2.04. The van der Waals surface area contributed by atoms with E-state index in [0.29, 0.717) is 0 Å². The summed E-state index contributed by atoms with van der Waals surface area (Å²) in [6, 6.07) is 2.60. The Hall–Kier alpha value is -2.77. The first-order valence-corrected chi connectivity index (χ1v) is 4.47. The number of hydrogen-bond donors (Lipinski definition) is 1. The number of carboxylic acids is 1. The predicted octanol–water partition coefficient (Wildman–Crippen LogP) is 0.874. The monoisotopic (exact) mass is 234 g/mol. The number of carboxylic acid groups (broad SMARTS) is 1. The van der Waals surface area contributed by atoms with E-state index in [4.69, 9.17) is 5.11 Å². The molecule has 0 aliphatic carbocycles. The van der Waals surface area contributed by atoms with Gasteiger partial charge in [0.25, 0.3) is 0 Å². The molecule has 17 heavy (non-hydrogen) atoms. The van der Waals surface area contributed by atoms with E-state index in [1.165, 1.54) is 24.5 Å². The number of aromatic nitrogens is 3. The Bertz CT molecular complexity index is 592. The van der Waals surface area contributed by atoms with Gasteiger partial charge in [-0.3, -0.25) is 4.98 Å². The van der Waals surface area contributed by atoms with Crippen LogP contribution in [0.25, 0.3) is 5.69 Å². The average Bonchev–Trinajstić information content (AvgIpc) is 2.78. The van der Waals surface area contributed by atoms with E-state index in [2.05, 4.69) is 10.1 Å². The molecule has 1 N–H and O–H groups in total. The molecule has 0 fully saturated rings. The summed E-state index contributed by atoms with van der Waals surface area (Å²) >= 11 is 0. The summed E-state index contributed by atoms with van der Waals surface area (Å²) in [7, 11) is 0. The fourth-order valence-electron chi connectivity index (χ4n) is 1.30. The van der Waals surface area contributed by atoms with E-state index >= 15 is 0 Å². The summed E-state index contributed by atoms with van der Waals surface area (Å²) < 4.78 is 1.13. The van der Waals surface area contributed by atoms with Gasteiger partial charge in [-0.05, 0) is 11.0 Å². The average molecular weight is 234 g/mol. The molecular formula is C9H6N4O4. The Morgan fingerprint density at radius 1 is 1.47 bits per heavy atom. The van der Waals surface area contributed by atoms with Crippen LogP contribution in [0.3, 0.4) is 0 Å². The van der Waals surface area contributed by atoms with Crippen molar-refractivity contribution in [1.29, 1.82) is 0 Å². The van der Waals surface area contributed by atoms with Crippen molar-refractivity contribution in [2.24, 2.45) is 0 Å². The van der Waals surface area contributed by atoms with Gasteiger partial charge in [-0.25, -0.2) is 4.79 Å². The summed E-state index contributed by atoms with van der Waals surface area (Å²) in [5.41, 5.74) is 0.145. The highest BCUT2D eigenvalue weighted by Gasteiger charge is 2.17. The van der Waals surface area contributed by atoms with E-state index in [1.54, 1.807) is 0 Å². The number of carbonyl (C=O) groups is 1. The molecule has 0 radical (unpaired) electrons. The van der Waals surface area contributed by atoms with E-state index in [9.17, 15) is 14.9 Å². The third-order valence-corrected chi connectivity index (χ3v) is 2.04. The highest BCUT2D eigenvalue weighted by atomic mass is 16.6. The molecule has 0 amide bonds. The molecule has 0 atom stereocenters. The molecule has 0 spiro atoms. The maximum Gasteiger partial charge on any atom is 0.390 e. The maximum absolute atomic E-state index is 10.9. The molecule has 8 nitrogen and oxygen atoms in total. The lowest BCUT2D eigenvalue weighted by atomic mass is 10.2. The lowest BCUT2D eigenvalue weighted by Crippen LogP contribution is -2.06. The van der Waals surface area contributed by atoms with Crippen molar-refractivity contribution in [3.63, 3.8) is 0 Å². The molecule has 0 unspecified atom stereocenters. The van der Waals surface area contributed by atoms with Crippen LogP contribution < -0.4 is 0 Å².